The number of rotatable bonds is 1. The van der Waals surface area contributed by atoms with Crippen molar-refractivity contribution in [1.82, 2.24) is 4.90 Å². The quantitative estimate of drug-likeness (QED) is 0.742. The second-order valence-electron chi connectivity index (χ2n) is 5.95. The summed E-state index contributed by atoms with van der Waals surface area (Å²) in [6, 6.07) is 0.594. The summed E-state index contributed by atoms with van der Waals surface area (Å²) in [5.41, 5.74) is -0.419. The van der Waals surface area contributed by atoms with Crippen LogP contribution in [-0.2, 0) is 4.74 Å². The maximum absolute atomic E-state index is 11.9. The summed E-state index contributed by atoms with van der Waals surface area (Å²) in [4.78, 5) is 13.7. The first-order valence-corrected chi connectivity index (χ1v) is 6.03. The number of nitrogens with zero attached hydrogens (tertiary/aromatic N) is 1. The maximum Gasteiger partial charge on any atom is 0.410 e. The summed E-state index contributed by atoms with van der Waals surface area (Å²) in [7, 11) is 0. The molecule has 2 unspecified atom stereocenters. The zero-order chi connectivity index (χ0) is 11.9. The van der Waals surface area contributed by atoms with Crippen molar-refractivity contribution in [3.8, 4) is 0 Å². The van der Waals surface area contributed by atoms with Crippen molar-refractivity contribution in [2.45, 2.75) is 57.7 Å². The van der Waals surface area contributed by atoms with Crippen LogP contribution in [-0.4, -0.2) is 40.4 Å². The molecule has 2 atom stereocenters. The monoisotopic (exact) mass is 227 g/mol. The number of hydrogen-bond acceptors (Lipinski definition) is 3. The first-order valence-electron chi connectivity index (χ1n) is 6.03. The van der Waals surface area contributed by atoms with Gasteiger partial charge in [0.25, 0.3) is 0 Å². The Kier molecular flexibility index (Phi) is 2.86. The Morgan fingerprint density at radius 1 is 1.31 bits per heavy atom. The van der Waals surface area contributed by atoms with Gasteiger partial charge in [0.05, 0.1) is 0 Å². The average Bonchev–Trinajstić information content (AvgIpc) is 2.14. The third kappa shape index (κ3) is 2.17. The third-order valence-electron chi connectivity index (χ3n) is 3.40. The Morgan fingerprint density at radius 3 is 2.31 bits per heavy atom. The summed E-state index contributed by atoms with van der Waals surface area (Å²) in [6.07, 6.45) is 2.74. The molecule has 0 spiro atoms. The summed E-state index contributed by atoms with van der Waals surface area (Å²) in [6.45, 7) is 5.90. The molecule has 3 fully saturated rings. The molecule has 2 aliphatic heterocycles. The molecule has 3 aliphatic rings. The summed E-state index contributed by atoms with van der Waals surface area (Å²) in [5.74, 6) is 0.377. The molecule has 4 heteroatoms. The second-order valence-corrected chi connectivity index (χ2v) is 5.95. The fourth-order valence-corrected chi connectivity index (χ4v) is 2.75. The Labute approximate surface area is 96.6 Å². The highest BCUT2D eigenvalue weighted by molar-refractivity contribution is 5.70. The van der Waals surface area contributed by atoms with Gasteiger partial charge in [-0.2, -0.15) is 0 Å². The van der Waals surface area contributed by atoms with Crippen LogP contribution in [0.25, 0.3) is 0 Å². The highest BCUT2D eigenvalue weighted by Gasteiger charge is 2.48. The fourth-order valence-electron chi connectivity index (χ4n) is 2.75. The van der Waals surface area contributed by atoms with E-state index in [4.69, 9.17) is 9.84 Å². The van der Waals surface area contributed by atoms with E-state index in [1.54, 1.807) is 0 Å². The Morgan fingerprint density at radius 2 is 1.88 bits per heavy atom. The van der Waals surface area contributed by atoms with Crippen molar-refractivity contribution in [1.29, 1.82) is 0 Å². The van der Waals surface area contributed by atoms with Crippen LogP contribution in [0.15, 0.2) is 0 Å². The molecular formula is C12H21NO3. The first kappa shape index (κ1) is 11.7. The molecule has 2 saturated heterocycles. The minimum Gasteiger partial charge on any atom is -0.444 e. The van der Waals surface area contributed by atoms with Gasteiger partial charge in [0.15, 0.2) is 0 Å². The van der Waals surface area contributed by atoms with Crippen LogP contribution in [0.3, 0.4) is 0 Å². The molecule has 16 heavy (non-hydrogen) atoms. The first-order chi connectivity index (χ1) is 7.40. The highest BCUT2D eigenvalue weighted by atomic mass is 16.6. The largest absolute Gasteiger partial charge is 0.444 e. The van der Waals surface area contributed by atoms with Gasteiger partial charge < -0.3 is 14.7 Å². The molecule has 2 bridgehead atoms. The number of amides is 1. The van der Waals surface area contributed by atoms with Gasteiger partial charge in [-0.05, 0) is 46.0 Å². The van der Waals surface area contributed by atoms with E-state index in [1.165, 1.54) is 0 Å². The number of aliphatic hydroxyl groups is 1. The van der Waals surface area contributed by atoms with Crippen LogP contribution in [0.4, 0.5) is 4.79 Å². The molecule has 3 rings (SSSR count). The van der Waals surface area contributed by atoms with E-state index in [2.05, 4.69) is 0 Å². The summed E-state index contributed by atoms with van der Waals surface area (Å²) < 4.78 is 5.37. The predicted molar refractivity (Wildman–Crippen MR) is 60.1 cm³/mol. The topological polar surface area (TPSA) is 49.8 Å². The van der Waals surface area contributed by atoms with Crippen LogP contribution >= 0.6 is 0 Å². The van der Waals surface area contributed by atoms with Crippen LogP contribution in [0.5, 0.6) is 0 Å². The van der Waals surface area contributed by atoms with E-state index < -0.39 is 5.60 Å². The van der Waals surface area contributed by atoms with Gasteiger partial charge in [-0.1, -0.05) is 0 Å². The van der Waals surface area contributed by atoms with Gasteiger partial charge in [-0.15, -0.1) is 0 Å². The SMILES string of the molecule is CC(C)(C)OC(=O)N1C2CC(CO)CC1C2. The molecule has 92 valence electrons. The highest BCUT2D eigenvalue weighted by Crippen LogP contribution is 2.41. The van der Waals surface area contributed by atoms with E-state index in [0.29, 0.717) is 18.0 Å². The Bertz CT molecular complexity index is 272. The Hall–Kier alpha value is -0.770. The van der Waals surface area contributed by atoms with E-state index >= 15 is 0 Å². The smallest absolute Gasteiger partial charge is 0.410 e. The van der Waals surface area contributed by atoms with Crippen LogP contribution in [0.1, 0.15) is 40.0 Å². The molecule has 0 aromatic rings. The van der Waals surface area contributed by atoms with Crippen molar-refractivity contribution in [3.05, 3.63) is 0 Å². The van der Waals surface area contributed by atoms with Crippen molar-refractivity contribution < 1.29 is 14.6 Å². The van der Waals surface area contributed by atoms with E-state index in [1.807, 2.05) is 25.7 Å². The van der Waals surface area contributed by atoms with Gasteiger partial charge in [0, 0.05) is 18.7 Å². The van der Waals surface area contributed by atoms with Crippen molar-refractivity contribution in [2.75, 3.05) is 6.61 Å². The number of piperidine rings is 1. The second kappa shape index (κ2) is 3.91. The average molecular weight is 227 g/mol. The molecule has 0 aromatic heterocycles. The fraction of sp³-hybridized carbons (Fsp3) is 0.917. The lowest BCUT2D eigenvalue weighted by molar-refractivity contribution is -0.0715. The van der Waals surface area contributed by atoms with E-state index in [0.717, 1.165) is 19.3 Å². The molecule has 1 N–H and O–H groups in total. The summed E-state index contributed by atoms with van der Waals surface area (Å²) in [5, 5.41) is 9.11. The number of carbonyl (C=O) groups is 1. The molecule has 0 aromatic carbocycles. The lowest BCUT2D eigenvalue weighted by Gasteiger charge is -2.54. The van der Waals surface area contributed by atoms with Crippen molar-refractivity contribution in [3.63, 3.8) is 0 Å². The number of hydrogen-bond donors (Lipinski definition) is 1. The van der Waals surface area contributed by atoms with Gasteiger partial charge in [0.1, 0.15) is 5.60 Å². The predicted octanol–water partition coefficient (Wildman–Crippen LogP) is 1.77. The van der Waals surface area contributed by atoms with Crippen LogP contribution in [0, 0.1) is 5.92 Å². The molecular weight excluding hydrogens is 206 g/mol. The molecule has 1 saturated carbocycles. The minimum atomic E-state index is -0.419. The summed E-state index contributed by atoms with van der Waals surface area (Å²) >= 11 is 0. The van der Waals surface area contributed by atoms with Crippen molar-refractivity contribution >= 4 is 6.09 Å². The molecule has 0 radical (unpaired) electrons. The molecule has 2 heterocycles. The normalized spacial score (nSPS) is 33.2. The van der Waals surface area contributed by atoms with E-state index in [9.17, 15) is 4.79 Å². The van der Waals surface area contributed by atoms with E-state index in [-0.39, 0.29) is 12.7 Å². The minimum absolute atomic E-state index is 0.190. The lowest BCUT2D eigenvalue weighted by atomic mass is 9.74. The van der Waals surface area contributed by atoms with Gasteiger partial charge in [-0.25, -0.2) is 4.79 Å². The number of carbonyl (C=O) groups excluding carboxylic acids is 1. The zero-order valence-corrected chi connectivity index (χ0v) is 10.3. The maximum atomic E-state index is 11.9. The van der Waals surface area contributed by atoms with Gasteiger partial charge in [-0.3, -0.25) is 0 Å². The lowest BCUT2D eigenvalue weighted by Crippen LogP contribution is -2.63. The zero-order valence-electron chi connectivity index (χ0n) is 10.3. The van der Waals surface area contributed by atoms with Gasteiger partial charge >= 0.3 is 6.09 Å². The van der Waals surface area contributed by atoms with Gasteiger partial charge in [0.2, 0.25) is 0 Å². The van der Waals surface area contributed by atoms with Crippen LogP contribution < -0.4 is 0 Å². The van der Waals surface area contributed by atoms with Crippen molar-refractivity contribution in [2.24, 2.45) is 5.92 Å². The standard InChI is InChI=1S/C12H21NO3/c1-12(2,3)16-11(15)13-9-4-8(7-14)5-10(13)6-9/h8-10,14H,4-7H2,1-3H3. The molecule has 1 amide bonds. The molecule has 1 aliphatic carbocycles. The Balaban J connectivity index is 1.92. The number of fused-ring (bicyclic) bond motifs is 2. The number of aliphatic hydroxyl groups excluding tert-OH is 1. The third-order valence-corrected chi connectivity index (χ3v) is 3.40. The number of ether oxygens (including phenoxy) is 1. The van der Waals surface area contributed by atoms with Crippen LogP contribution in [0.2, 0.25) is 0 Å². The molecule has 4 nitrogen and oxygen atoms in total.